The molecule has 0 spiro atoms. The number of hydrogen-bond donors (Lipinski definition) is 1. The second kappa shape index (κ2) is 20.0. The van der Waals surface area contributed by atoms with Gasteiger partial charge in [-0.3, -0.25) is 9.78 Å². The fraction of sp³-hybridized carbons (Fsp3) is 0.565. The zero-order valence-corrected chi connectivity index (χ0v) is 38.2. The largest absolute Gasteiger partial charge is 0.512 e. The normalized spacial score (nSPS) is 14.5. The maximum Gasteiger partial charge on any atom is 0.162 e. The van der Waals surface area contributed by atoms with Crippen molar-refractivity contribution in [1.29, 1.82) is 0 Å². The topological polar surface area (TPSA) is 50.2 Å². The number of aryl methyl sites for hydroxylation is 1. The molecule has 1 N–H and O–H groups in total. The molecule has 2 aromatic heterocycles. The van der Waals surface area contributed by atoms with Crippen molar-refractivity contribution in [3.8, 4) is 11.3 Å². The number of carbonyl (C=O) groups excluding carboxylic acids is 1. The third kappa shape index (κ3) is 9.21. The van der Waals surface area contributed by atoms with Gasteiger partial charge in [0, 0.05) is 54.6 Å². The van der Waals surface area contributed by atoms with Crippen molar-refractivity contribution >= 4 is 50.6 Å². The Hall–Kier alpha value is -2.11. The van der Waals surface area contributed by atoms with Gasteiger partial charge in [-0.05, 0) is 76.7 Å². The van der Waals surface area contributed by atoms with Crippen molar-refractivity contribution in [3.05, 3.63) is 71.6 Å². The van der Waals surface area contributed by atoms with Gasteiger partial charge in [0.2, 0.25) is 0 Å². The van der Waals surface area contributed by atoms with E-state index in [1.54, 1.807) is 10.1 Å². The molecule has 6 heteroatoms. The van der Waals surface area contributed by atoms with Gasteiger partial charge < -0.3 is 5.11 Å². The predicted octanol–water partition coefficient (Wildman–Crippen LogP) is 14.0. The number of allylic oxidation sites excluding steroid dienone is 2. The van der Waals surface area contributed by atoms with Crippen molar-refractivity contribution < 1.29 is 30.0 Å². The Bertz CT molecular complexity index is 1770. The second-order valence-corrected chi connectivity index (χ2v) is 22.9. The van der Waals surface area contributed by atoms with Gasteiger partial charge >= 0.3 is 0 Å². The molecule has 0 atom stereocenters. The molecule has 0 amide bonds. The van der Waals surface area contributed by atoms with E-state index >= 15 is 0 Å². The smallest absolute Gasteiger partial charge is 0.162 e. The number of hydrogen-bond acceptors (Lipinski definition) is 4. The van der Waals surface area contributed by atoms with Crippen molar-refractivity contribution in [1.82, 2.24) is 4.98 Å². The van der Waals surface area contributed by atoms with E-state index < -0.39 is 8.07 Å². The summed E-state index contributed by atoms with van der Waals surface area (Å²) in [6.45, 7) is 25.2. The summed E-state index contributed by atoms with van der Waals surface area (Å²) in [7, 11) is -1.77. The molecule has 1 saturated carbocycles. The van der Waals surface area contributed by atoms with Crippen LogP contribution in [-0.2, 0) is 24.9 Å². The Morgan fingerprint density at radius 1 is 0.904 bits per heavy atom. The fourth-order valence-electron chi connectivity index (χ4n) is 9.30. The molecular formula is C46H66IrNO2SSi-. The molecule has 1 radical (unpaired) electrons. The van der Waals surface area contributed by atoms with E-state index in [1.807, 2.05) is 33.9 Å². The molecule has 1 aliphatic rings. The van der Waals surface area contributed by atoms with Gasteiger partial charge in [0.25, 0.3) is 0 Å². The van der Waals surface area contributed by atoms with Crippen LogP contribution in [0.5, 0.6) is 0 Å². The number of thiophene rings is 1. The molecule has 0 unspecified atom stereocenters. The van der Waals surface area contributed by atoms with Gasteiger partial charge in [-0.25, -0.2) is 0 Å². The van der Waals surface area contributed by atoms with Crippen LogP contribution in [-0.4, -0.2) is 23.9 Å². The molecule has 52 heavy (non-hydrogen) atoms. The molecular weight excluding hydrogens is 851 g/mol. The van der Waals surface area contributed by atoms with Gasteiger partial charge in [0.05, 0.1) is 5.76 Å². The first-order chi connectivity index (χ1) is 24.4. The van der Waals surface area contributed by atoms with E-state index in [4.69, 9.17) is 4.98 Å². The van der Waals surface area contributed by atoms with Crippen LogP contribution in [0.2, 0.25) is 16.6 Å². The van der Waals surface area contributed by atoms with Crippen molar-refractivity contribution in [2.75, 3.05) is 0 Å². The number of pyridine rings is 1. The van der Waals surface area contributed by atoms with Crippen LogP contribution >= 0.6 is 11.3 Å². The van der Waals surface area contributed by atoms with Crippen LogP contribution in [0.4, 0.5) is 0 Å². The summed E-state index contributed by atoms with van der Waals surface area (Å²) >= 11 is 2.10. The minimum atomic E-state index is -1.77. The summed E-state index contributed by atoms with van der Waals surface area (Å²) in [5.74, 6) is 1.00. The van der Waals surface area contributed by atoms with Gasteiger partial charge in [0.15, 0.2) is 5.78 Å². The number of benzene rings is 2. The van der Waals surface area contributed by atoms with E-state index in [1.165, 1.54) is 64.6 Å². The first kappa shape index (κ1) is 44.3. The van der Waals surface area contributed by atoms with Gasteiger partial charge in [0.1, 0.15) is 8.07 Å². The molecule has 3 nitrogen and oxygen atoms in total. The Morgan fingerprint density at radius 3 is 2.06 bits per heavy atom. The molecule has 5 rings (SSSR count). The van der Waals surface area contributed by atoms with Gasteiger partial charge in [-0.1, -0.05) is 130 Å². The zero-order valence-electron chi connectivity index (χ0n) is 34.0. The number of aliphatic hydroxyl groups is 1. The van der Waals surface area contributed by atoms with Crippen LogP contribution in [0.25, 0.3) is 32.1 Å². The average molecular weight is 917 g/mol. The van der Waals surface area contributed by atoms with Crippen molar-refractivity contribution in [3.63, 3.8) is 0 Å². The van der Waals surface area contributed by atoms with Crippen LogP contribution in [0.15, 0.2) is 54.4 Å². The summed E-state index contributed by atoms with van der Waals surface area (Å²) in [5.41, 5.74) is 7.58. The van der Waals surface area contributed by atoms with Crippen LogP contribution in [0.3, 0.4) is 0 Å². The molecule has 287 valence electrons. The number of fused-ring (bicyclic) bond motifs is 2. The summed E-state index contributed by atoms with van der Waals surface area (Å²) in [5, 5.41) is 13.7. The monoisotopic (exact) mass is 917 g/mol. The quantitative estimate of drug-likeness (QED) is 0.0629. The minimum Gasteiger partial charge on any atom is -0.512 e. The second-order valence-electron chi connectivity index (χ2n) is 16.0. The van der Waals surface area contributed by atoms with E-state index in [2.05, 4.69) is 102 Å². The molecule has 2 aromatic carbocycles. The Morgan fingerprint density at radius 2 is 1.50 bits per heavy atom. The van der Waals surface area contributed by atoms with E-state index in [-0.39, 0.29) is 43.5 Å². The van der Waals surface area contributed by atoms with Crippen LogP contribution < -0.4 is 4.50 Å². The molecule has 1 aliphatic carbocycles. The van der Waals surface area contributed by atoms with E-state index in [0.717, 1.165) is 53.6 Å². The number of ketones is 1. The summed E-state index contributed by atoms with van der Waals surface area (Å²) < 4.78 is 3.13. The fourth-order valence-corrected chi connectivity index (χ4v) is 20.1. The SMILES string of the molecule is CCC(CC)C(=O)/C=C(\O)C(CC)CC.Cc1c([Si](C(C)C)(C(C)C)C2CCCCC2)sc2c(-c3[c-]c4ccccc4c(C(C)C)c3)nccc12.[Ir]. The molecule has 4 aromatic rings. The molecule has 1 fully saturated rings. The number of nitrogens with zero attached hydrogens (tertiary/aromatic N) is 1. The Balaban J connectivity index is 0.000000389. The third-order valence-corrected chi connectivity index (χ3v) is 21.6. The van der Waals surface area contributed by atoms with Crippen molar-refractivity contribution in [2.45, 2.75) is 156 Å². The molecule has 0 saturated heterocycles. The molecule has 0 aliphatic heterocycles. The van der Waals surface area contributed by atoms with Crippen LogP contribution in [0, 0.1) is 24.8 Å². The number of carbonyl (C=O) groups is 1. The minimum absolute atomic E-state index is 0. The number of aromatic nitrogens is 1. The third-order valence-electron chi connectivity index (χ3n) is 12.2. The summed E-state index contributed by atoms with van der Waals surface area (Å²) in [4.78, 5) is 16.7. The van der Waals surface area contributed by atoms with Gasteiger partial charge in [-0.2, -0.15) is 11.3 Å². The standard InChI is InChI=1S/C33H42NSSi.C13H24O2.Ir/c1-21(2)30-20-26(19-25-13-11-12-16-29(25)30)31-32-28(17-18-34-31)24(7)33(35-32)36(22(3)4,23(5)6)27-14-9-8-10-15-27;1-5-10(6-2)12(14)9-13(15)11(7-3)8-4;/h11-13,16-18,20-23,27H,8-10,14-15H2,1-7H3;9-11,14H,5-8H2,1-4H3;/q-1;;/b;12-9-;. The first-order valence-electron chi connectivity index (χ1n) is 20.1. The predicted molar refractivity (Wildman–Crippen MR) is 227 cm³/mol. The zero-order chi connectivity index (χ0) is 37.5. The van der Waals surface area contributed by atoms with E-state index in [9.17, 15) is 9.90 Å². The average Bonchev–Trinajstić information content (AvgIpc) is 3.45. The van der Waals surface area contributed by atoms with Crippen LogP contribution in [0.1, 0.15) is 144 Å². The molecule has 2 heterocycles. The first-order valence-corrected chi connectivity index (χ1v) is 23.2. The number of aliphatic hydroxyl groups excluding tert-OH is 1. The summed E-state index contributed by atoms with van der Waals surface area (Å²) in [6.07, 6.45) is 14.1. The van der Waals surface area contributed by atoms with Crippen molar-refractivity contribution in [2.24, 2.45) is 11.8 Å². The van der Waals surface area contributed by atoms with E-state index in [0.29, 0.717) is 5.92 Å². The Kier molecular flexibility index (Phi) is 17.0. The number of rotatable bonds is 13. The Labute approximate surface area is 334 Å². The maximum atomic E-state index is 11.7. The van der Waals surface area contributed by atoms with Gasteiger partial charge in [-0.15, -0.1) is 29.1 Å². The molecule has 0 bridgehead atoms. The summed E-state index contributed by atoms with van der Waals surface area (Å²) in [6, 6.07) is 17.1. The maximum absolute atomic E-state index is 11.7.